The van der Waals surface area contributed by atoms with Gasteiger partial charge in [-0.15, -0.1) is 0 Å². The number of anilines is 1. The lowest BCUT2D eigenvalue weighted by Crippen LogP contribution is -2.05. The molecular weight excluding hydrogens is 274 g/mol. The molecule has 3 N–H and O–H groups in total. The van der Waals surface area contributed by atoms with Crippen LogP contribution in [0, 0.1) is 0 Å². The molecule has 6 heteroatoms. The molecule has 1 rings (SSSR count). The largest absolute Gasteiger partial charge is 0.478 e. The van der Waals surface area contributed by atoms with Gasteiger partial charge in [-0.25, -0.2) is 4.79 Å². The van der Waals surface area contributed by atoms with Crippen LogP contribution in [0.5, 0.6) is 0 Å². The molecule has 1 aromatic carbocycles. The molecule has 0 aliphatic heterocycles. The van der Waals surface area contributed by atoms with Crippen molar-refractivity contribution in [2.45, 2.75) is 6.42 Å². The third kappa shape index (κ3) is 5.16. The zero-order valence-corrected chi connectivity index (χ0v) is 11.4. The van der Waals surface area contributed by atoms with Crippen LogP contribution in [0.1, 0.15) is 16.8 Å². The second-order valence-electron chi connectivity index (χ2n) is 3.62. The number of halogens is 1. The van der Waals surface area contributed by atoms with Gasteiger partial charge >= 0.3 is 5.97 Å². The fourth-order valence-corrected chi connectivity index (χ4v) is 2.38. The van der Waals surface area contributed by atoms with Gasteiger partial charge in [0.25, 0.3) is 0 Å². The fourth-order valence-electron chi connectivity index (χ4n) is 1.33. The SMILES string of the molecule is O=C(O)c1ccc(NCCSCCCO)cc1Cl. The molecule has 0 heterocycles. The molecule has 0 aromatic heterocycles. The maximum Gasteiger partial charge on any atom is 0.337 e. The molecule has 0 fully saturated rings. The first-order chi connectivity index (χ1) is 8.65. The summed E-state index contributed by atoms with van der Waals surface area (Å²) in [7, 11) is 0. The normalized spacial score (nSPS) is 10.3. The Hall–Kier alpha value is -0.910. The van der Waals surface area contributed by atoms with E-state index in [2.05, 4.69) is 5.32 Å². The maximum absolute atomic E-state index is 10.8. The number of rotatable bonds is 8. The van der Waals surface area contributed by atoms with Crippen LogP contribution >= 0.6 is 23.4 Å². The zero-order valence-electron chi connectivity index (χ0n) is 9.86. The lowest BCUT2D eigenvalue weighted by molar-refractivity contribution is 0.0697. The number of carboxylic acid groups (broad SMARTS) is 1. The van der Waals surface area contributed by atoms with E-state index >= 15 is 0 Å². The molecule has 0 saturated carbocycles. The van der Waals surface area contributed by atoms with Crippen LogP contribution in [0.25, 0.3) is 0 Å². The van der Waals surface area contributed by atoms with Crippen molar-refractivity contribution in [3.63, 3.8) is 0 Å². The molecule has 0 atom stereocenters. The van der Waals surface area contributed by atoms with Gasteiger partial charge in [0, 0.05) is 24.6 Å². The van der Waals surface area contributed by atoms with Crippen LogP contribution in [0.15, 0.2) is 18.2 Å². The number of thioether (sulfide) groups is 1. The lowest BCUT2D eigenvalue weighted by atomic mass is 10.2. The fraction of sp³-hybridized carbons (Fsp3) is 0.417. The number of hydrogen-bond acceptors (Lipinski definition) is 4. The van der Waals surface area contributed by atoms with Gasteiger partial charge in [0.1, 0.15) is 0 Å². The number of aliphatic hydroxyl groups excluding tert-OH is 1. The summed E-state index contributed by atoms with van der Waals surface area (Å²) in [5.41, 5.74) is 0.923. The Labute approximate surface area is 115 Å². The predicted molar refractivity (Wildman–Crippen MR) is 75.9 cm³/mol. The second-order valence-corrected chi connectivity index (χ2v) is 5.25. The highest BCUT2D eigenvalue weighted by Gasteiger charge is 2.08. The molecular formula is C12H16ClNO3S. The standard InChI is InChI=1S/C12H16ClNO3S/c13-11-8-9(2-3-10(11)12(16)17)14-4-7-18-6-1-5-15/h2-3,8,14-15H,1,4-7H2,(H,16,17). The maximum atomic E-state index is 10.8. The van der Waals surface area contributed by atoms with Crippen molar-refractivity contribution < 1.29 is 15.0 Å². The van der Waals surface area contributed by atoms with E-state index in [1.54, 1.807) is 23.9 Å². The van der Waals surface area contributed by atoms with Crippen molar-refractivity contribution in [1.29, 1.82) is 0 Å². The van der Waals surface area contributed by atoms with Gasteiger partial charge in [0.05, 0.1) is 10.6 Å². The number of hydrogen-bond donors (Lipinski definition) is 3. The minimum atomic E-state index is -1.02. The van der Waals surface area contributed by atoms with Gasteiger partial charge in [0.2, 0.25) is 0 Å². The van der Waals surface area contributed by atoms with Gasteiger partial charge in [-0.3, -0.25) is 0 Å². The van der Waals surface area contributed by atoms with Crippen molar-refractivity contribution in [1.82, 2.24) is 0 Å². The molecule has 4 nitrogen and oxygen atoms in total. The molecule has 18 heavy (non-hydrogen) atoms. The minimum Gasteiger partial charge on any atom is -0.478 e. The first-order valence-electron chi connectivity index (χ1n) is 5.60. The molecule has 0 aliphatic carbocycles. The van der Waals surface area contributed by atoms with E-state index in [0.717, 1.165) is 30.2 Å². The molecule has 1 aromatic rings. The highest BCUT2D eigenvalue weighted by molar-refractivity contribution is 7.99. The molecule has 0 saturated heterocycles. The molecule has 0 unspecified atom stereocenters. The van der Waals surface area contributed by atoms with Crippen LogP contribution < -0.4 is 5.32 Å². The van der Waals surface area contributed by atoms with Gasteiger partial charge < -0.3 is 15.5 Å². The molecule has 0 aliphatic rings. The van der Waals surface area contributed by atoms with Crippen LogP contribution in [0.2, 0.25) is 5.02 Å². The smallest absolute Gasteiger partial charge is 0.337 e. The summed E-state index contributed by atoms with van der Waals surface area (Å²) < 4.78 is 0. The first-order valence-corrected chi connectivity index (χ1v) is 7.13. The summed E-state index contributed by atoms with van der Waals surface area (Å²) in [5, 5.41) is 20.8. The van der Waals surface area contributed by atoms with Crippen LogP contribution in [0.3, 0.4) is 0 Å². The van der Waals surface area contributed by atoms with E-state index in [1.807, 2.05) is 0 Å². The van der Waals surface area contributed by atoms with Crippen molar-refractivity contribution in [3.8, 4) is 0 Å². The molecule has 100 valence electrons. The van der Waals surface area contributed by atoms with Crippen LogP contribution in [-0.2, 0) is 0 Å². The molecule has 0 radical (unpaired) electrons. The average molecular weight is 290 g/mol. The Morgan fingerprint density at radius 3 is 2.78 bits per heavy atom. The molecule has 0 amide bonds. The van der Waals surface area contributed by atoms with Gasteiger partial charge in [-0.2, -0.15) is 11.8 Å². The average Bonchev–Trinajstić information content (AvgIpc) is 2.33. The topological polar surface area (TPSA) is 69.6 Å². The van der Waals surface area contributed by atoms with E-state index < -0.39 is 5.97 Å². The Morgan fingerprint density at radius 2 is 2.17 bits per heavy atom. The third-order valence-corrected chi connectivity index (χ3v) is 3.60. The Morgan fingerprint density at radius 1 is 1.39 bits per heavy atom. The van der Waals surface area contributed by atoms with Crippen molar-refractivity contribution in [2.24, 2.45) is 0 Å². The number of aromatic carboxylic acids is 1. The summed E-state index contributed by atoms with van der Waals surface area (Å²) in [6, 6.07) is 4.81. The van der Waals surface area contributed by atoms with Gasteiger partial charge in [-0.05, 0) is 30.4 Å². The number of carbonyl (C=O) groups is 1. The first kappa shape index (κ1) is 15.1. The lowest BCUT2D eigenvalue weighted by Gasteiger charge is -2.07. The van der Waals surface area contributed by atoms with Crippen LogP contribution in [-0.4, -0.2) is 40.8 Å². The van der Waals surface area contributed by atoms with Crippen LogP contribution in [0.4, 0.5) is 5.69 Å². The van der Waals surface area contributed by atoms with E-state index in [-0.39, 0.29) is 17.2 Å². The summed E-state index contributed by atoms with van der Waals surface area (Å²) in [5.74, 6) is 0.848. The van der Waals surface area contributed by atoms with E-state index in [9.17, 15) is 4.79 Å². The zero-order chi connectivity index (χ0) is 13.4. The van der Waals surface area contributed by atoms with E-state index in [0.29, 0.717) is 0 Å². The Bertz CT molecular complexity index is 401. The van der Waals surface area contributed by atoms with Crippen molar-refractivity contribution in [3.05, 3.63) is 28.8 Å². The number of benzene rings is 1. The highest BCUT2D eigenvalue weighted by atomic mass is 35.5. The van der Waals surface area contributed by atoms with E-state index in [1.165, 1.54) is 6.07 Å². The van der Waals surface area contributed by atoms with E-state index in [4.69, 9.17) is 21.8 Å². The summed E-state index contributed by atoms with van der Waals surface area (Å²) in [6.07, 6.45) is 0.809. The monoisotopic (exact) mass is 289 g/mol. The Balaban J connectivity index is 2.35. The third-order valence-electron chi connectivity index (χ3n) is 2.22. The van der Waals surface area contributed by atoms with Crippen molar-refractivity contribution in [2.75, 3.05) is 30.0 Å². The van der Waals surface area contributed by atoms with Gasteiger partial charge in [-0.1, -0.05) is 11.6 Å². The van der Waals surface area contributed by atoms with Gasteiger partial charge in [0.15, 0.2) is 0 Å². The second kappa shape index (κ2) is 8.24. The predicted octanol–water partition coefficient (Wildman–Crippen LogP) is 2.57. The summed E-state index contributed by atoms with van der Waals surface area (Å²) in [6.45, 7) is 1.01. The molecule has 0 bridgehead atoms. The Kier molecular flexibility index (Phi) is 6.93. The quantitative estimate of drug-likeness (QED) is 0.642. The molecule has 0 spiro atoms. The number of carboxylic acids is 1. The summed E-state index contributed by atoms with van der Waals surface area (Å²) in [4.78, 5) is 10.8. The number of nitrogens with one attached hydrogen (secondary N) is 1. The van der Waals surface area contributed by atoms with Crippen molar-refractivity contribution >= 4 is 35.0 Å². The highest BCUT2D eigenvalue weighted by Crippen LogP contribution is 2.21. The summed E-state index contributed by atoms with van der Waals surface area (Å²) >= 11 is 7.61. The minimum absolute atomic E-state index is 0.111. The number of aliphatic hydroxyl groups is 1.